The van der Waals surface area contributed by atoms with Gasteiger partial charge in [0.25, 0.3) is 5.91 Å². The van der Waals surface area contributed by atoms with Crippen LogP contribution in [0.5, 0.6) is 5.75 Å². The van der Waals surface area contributed by atoms with E-state index in [1.165, 1.54) is 13.3 Å². The molecule has 0 saturated carbocycles. The van der Waals surface area contributed by atoms with E-state index in [1.54, 1.807) is 30.3 Å². The number of anilines is 1. The molecule has 2 aromatic rings. The fourth-order valence-corrected chi connectivity index (χ4v) is 2.73. The maximum Gasteiger partial charge on any atom is 0.335 e. The number of imide groups is 2. The first-order chi connectivity index (χ1) is 12.9. The minimum absolute atomic E-state index is 0.264. The normalized spacial score (nSPS) is 17.4. The van der Waals surface area contributed by atoms with E-state index < -0.39 is 23.8 Å². The van der Waals surface area contributed by atoms with E-state index in [2.05, 4.69) is 10.3 Å². The molecule has 1 saturated heterocycles. The lowest BCUT2D eigenvalue weighted by atomic mass is 10.1. The molecule has 4 amide bonds. The molecule has 138 valence electrons. The van der Waals surface area contributed by atoms with Crippen molar-refractivity contribution in [2.75, 3.05) is 12.0 Å². The highest BCUT2D eigenvalue weighted by atomic mass is 16.5. The van der Waals surface area contributed by atoms with Gasteiger partial charge in [-0.15, -0.1) is 0 Å². The first-order valence-electron chi connectivity index (χ1n) is 8.35. The molecule has 0 aromatic heterocycles. The first-order valence-corrected chi connectivity index (χ1v) is 8.35. The zero-order chi connectivity index (χ0) is 19.6. The molecule has 1 N–H and O–H groups in total. The van der Waals surface area contributed by atoms with Gasteiger partial charge in [-0.25, -0.2) is 9.69 Å². The number of nitrogens with zero attached hydrogens (tertiary/aromatic N) is 2. The average molecular weight is 365 g/mol. The van der Waals surface area contributed by atoms with Gasteiger partial charge in [-0.2, -0.15) is 0 Å². The van der Waals surface area contributed by atoms with Crippen LogP contribution >= 0.6 is 0 Å². The number of para-hydroxylation sites is 2. The molecule has 1 fully saturated rings. The number of benzene rings is 2. The zero-order valence-electron chi connectivity index (χ0n) is 15.2. The van der Waals surface area contributed by atoms with E-state index in [0.717, 1.165) is 16.0 Å². The molecule has 3 rings (SSSR count). The maximum atomic E-state index is 12.9. The van der Waals surface area contributed by atoms with E-state index in [-0.39, 0.29) is 5.69 Å². The fraction of sp³-hybridized carbons (Fsp3) is 0.200. The Morgan fingerprint density at radius 3 is 2.52 bits per heavy atom. The highest BCUT2D eigenvalue weighted by Gasteiger charge is 2.41. The molecular formula is C20H19N3O4. The first kappa shape index (κ1) is 18.3. The summed E-state index contributed by atoms with van der Waals surface area (Å²) in [6, 6.07) is 11.4. The number of methoxy groups -OCH3 is 1. The summed E-state index contributed by atoms with van der Waals surface area (Å²) in [5, 5.41) is 2.20. The number of nitrogens with one attached hydrogen (secondary N) is 1. The van der Waals surface area contributed by atoms with Gasteiger partial charge in [-0.05, 0) is 49.2 Å². The number of carbonyl (C=O) groups is 3. The molecule has 27 heavy (non-hydrogen) atoms. The smallest absolute Gasteiger partial charge is 0.335 e. The van der Waals surface area contributed by atoms with E-state index in [0.29, 0.717) is 11.4 Å². The standard InChI is InChI=1S/C20H19N3O4/c1-12-8-9-14(10-13(12)2)21-11-15-18(24)22-20(26)23(19(15)25)16-6-4-5-7-17(16)27-3/h4-11,15H,1-3H3,(H,22,24,26)/t15-/m1/s1. The second-order valence-corrected chi connectivity index (χ2v) is 6.16. The van der Waals surface area contributed by atoms with Crippen LogP contribution in [0.3, 0.4) is 0 Å². The SMILES string of the molecule is COc1ccccc1N1C(=O)NC(=O)[C@@H](C=Nc2ccc(C)c(C)c2)C1=O. The molecule has 2 aromatic carbocycles. The van der Waals surface area contributed by atoms with Gasteiger partial charge in [0.05, 0.1) is 18.5 Å². The molecule has 0 bridgehead atoms. The number of hydrogen-bond acceptors (Lipinski definition) is 5. The van der Waals surface area contributed by atoms with Crippen molar-refractivity contribution in [1.29, 1.82) is 0 Å². The summed E-state index contributed by atoms with van der Waals surface area (Å²) in [5.41, 5.74) is 3.06. The zero-order valence-corrected chi connectivity index (χ0v) is 15.2. The van der Waals surface area contributed by atoms with Crippen LogP contribution in [-0.4, -0.2) is 31.2 Å². The number of carbonyl (C=O) groups excluding carboxylic acids is 3. The molecule has 1 aliphatic rings. The summed E-state index contributed by atoms with van der Waals surface area (Å²) in [5.74, 6) is -2.25. The van der Waals surface area contributed by atoms with Gasteiger partial charge in [0.1, 0.15) is 5.75 Å². The molecule has 1 aliphatic heterocycles. The van der Waals surface area contributed by atoms with E-state index in [4.69, 9.17) is 4.74 Å². The van der Waals surface area contributed by atoms with Gasteiger partial charge in [-0.1, -0.05) is 18.2 Å². The average Bonchev–Trinajstić information content (AvgIpc) is 2.64. The van der Waals surface area contributed by atoms with Crippen LogP contribution < -0.4 is 15.0 Å². The highest BCUT2D eigenvalue weighted by Crippen LogP contribution is 2.30. The Morgan fingerprint density at radius 1 is 1.07 bits per heavy atom. The van der Waals surface area contributed by atoms with Gasteiger partial charge in [-0.3, -0.25) is 19.9 Å². The van der Waals surface area contributed by atoms with E-state index >= 15 is 0 Å². The number of hydrogen-bond donors (Lipinski definition) is 1. The Morgan fingerprint density at radius 2 is 1.81 bits per heavy atom. The molecular weight excluding hydrogens is 346 g/mol. The third kappa shape index (κ3) is 3.57. The van der Waals surface area contributed by atoms with Gasteiger partial charge in [0.2, 0.25) is 5.91 Å². The number of ether oxygens (including phenoxy) is 1. The summed E-state index contributed by atoms with van der Waals surface area (Å²) in [6.45, 7) is 3.94. The fourth-order valence-electron chi connectivity index (χ4n) is 2.73. The lowest BCUT2D eigenvalue weighted by Crippen LogP contribution is -2.58. The van der Waals surface area contributed by atoms with Gasteiger partial charge in [0.15, 0.2) is 5.92 Å². The number of barbiturate groups is 1. The molecule has 0 spiro atoms. The Kier molecular flexibility index (Phi) is 5.03. The third-order valence-corrected chi connectivity index (χ3v) is 4.39. The molecule has 0 aliphatic carbocycles. The summed E-state index contributed by atoms with van der Waals surface area (Å²) < 4.78 is 5.22. The predicted octanol–water partition coefficient (Wildman–Crippen LogP) is 2.91. The number of aliphatic imine (C=N–C) groups is 1. The minimum atomic E-state index is -1.21. The second kappa shape index (κ2) is 7.41. The van der Waals surface area contributed by atoms with Crippen molar-refractivity contribution in [1.82, 2.24) is 5.32 Å². The van der Waals surface area contributed by atoms with Crippen LogP contribution in [0.2, 0.25) is 0 Å². The summed E-state index contributed by atoms with van der Waals surface area (Å²) >= 11 is 0. The monoisotopic (exact) mass is 365 g/mol. The predicted molar refractivity (Wildman–Crippen MR) is 102 cm³/mol. The minimum Gasteiger partial charge on any atom is -0.495 e. The Labute approximate surface area is 156 Å². The van der Waals surface area contributed by atoms with Crippen molar-refractivity contribution < 1.29 is 19.1 Å². The second-order valence-electron chi connectivity index (χ2n) is 6.16. The number of aryl methyl sites for hydroxylation is 2. The van der Waals surface area contributed by atoms with E-state index in [1.807, 2.05) is 26.0 Å². The van der Waals surface area contributed by atoms with Crippen molar-refractivity contribution in [2.45, 2.75) is 13.8 Å². The molecule has 7 heteroatoms. The van der Waals surface area contributed by atoms with Crippen molar-refractivity contribution in [2.24, 2.45) is 10.9 Å². The van der Waals surface area contributed by atoms with Crippen LogP contribution in [-0.2, 0) is 9.59 Å². The van der Waals surface area contributed by atoms with Crippen LogP contribution in [0.4, 0.5) is 16.2 Å². The topological polar surface area (TPSA) is 88.1 Å². The molecule has 0 unspecified atom stereocenters. The lowest BCUT2D eigenvalue weighted by Gasteiger charge is -2.29. The van der Waals surface area contributed by atoms with Crippen molar-refractivity contribution in [3.8, 4) is 5.75 Å². The number of rotatable bonds is 4. The quantitative estimate of drug-likeness (QED) is 0.666. The van der Waals surface area contributed by atoms with Gasteiger partial charge < -0.3 is 4.74 Å². The summed E-state index contributed by atoms with van der Waals surface area (Å²) in [7, 11) is 1.44. The largest absolute Gasteiger partial charge is 0.495 e. The van der Waals surface area contributed by atoms with Gasteiger partial charge in [0, 0.05) is 6.21 Å². The Balaban J connectivity index is 1.92. The molecule has 0 radical (unpaired) electrons. The van der Waals surface area contributed by atoms with Gasteiger partial charge >= 0.3 is 6.03 Å². The highest BCUT2D eigenvalue weighted by molar-refractivity contribution is 6.33. The molecule has 1 heterocycles. The summed E-state index contributed by atoms with van der Waals surface area (Å²) in [6.07, 6.45) is 1.26. The molecule has 7 nitrogen and oxygen atoms in total. The van der Waals surface area contributed by atoms with Crippen LogP contribution in [0.25, 0.3) is 0 Å². The van der Waals surface area contributed by atoms with Crippen LogP contribution in [0, 0.1) is 19.8 Å². The lowest BCUT2D eigenvalue weighted by molar-refractivity contribution is -0.131. The van der Waals surface area contributed by atoms with E-state index in [9.17, 15) is 14.4 Å². The Bertz CT molecular complexity index is 952. The maximum absolute atomic E-state index is 12.9. The third-order valence-electron chi connectivity index (χ3n) is 4.39. The van der Waals surface area contributed by atoms with Crippen LogP contribution in [0.15, 0.2) is 47.5 Å². The Hall–Kier alpha value is -3.48. The molecule has 1 atom stereocenters. The number of urea groups is 1. The summed E-state index contributed by atoms with van der Waals surface area (Å²) in [4.78, 5) is 42.5. The van der Waals surface area contributed by atoms with Crippen molar-refractivity contribution >= 4 is 35.4 Å². The number of amides is 4. The van der Waals surface area contributed by atoms with Crippen molar-refractivity contribution in [3.05, 3.63) is 53.6 Å². The van der Waals surface area contributed by atoms with Crippen LogP contribution in [0.1, 0.15) is 11.1 Å². The van der Waals surface area contributed by atoms with Crippen molar-refractivity contribution in [3.63, 3.8) is 0 Å².